The monoisotopic (exact) mass is 293 g/mol. The molecule has 1 saturated heterocycles. The fourth-order valence-corrected chi connectivity index (χ4v) is 2.25. The third-order valence-electron chi connectivity index (χ3n) is 3.54. The highest BCUT2D eigenvalue weighted by molar-refractivity contribution is 5.91. The Morgan fingerprint density at radius 1 is 1.33 bits per heavy atom. The molecule has 7 heteroatoms. The van der Waals surface area contributed by atoms with E-state index in [2.05, 4.69) is 18.7 Å². The van der Waals surface area contributed by atoms with E-state index in [4.69, 9.17) is 4.42 Å². The minimum absolute atomic E-state index is 0.0996. The molecule has 0 N–H and O–H groups in total. The van der Waals surface area contributed by atoms with Gasteiger partial charge in [0.15, 0.2) is 0 Å². The zero-order valence-electron chi connectivity index (χ0n) is 12.2. The van der Waals surface area contributed by atoms with E-state index in [-0.39, 0.29) is 11.8 Å². The van der Waals surface area contributed by atoms with Crippen LogP contribution in [-0.4, -0.2) is 52.9 Å². The van der Waals surface area contributed by atoms with E-state index in [9.17, 15) is 14.9 Å². The van der Waals surface area contributed by atoms with Crippen molar-refractivity contribution in [3.05, 3.63) is 34.1 Å². The van der Waals surface area contributed by atoms with E-state index in [0.717, 1.165) is 13.1 Å². The van der Waals surface area contributed by atoms with E-state index >= 15 is 0 Å². The molecule has 1 amide bonds. The van der Waals surface area contributed by atoms with E-state index < -0.39 is 4.92 Å². The van der Waals surface area contributed by atoms with Gasteiger partial charge in [0.1, 0.15) is 10.7 Å². The van der Waals surface area contributed by atoms with Crippen LogP contribution < -0.4 is 0 Å². The topological polar surface area (TPSA) is 79.8 Å². The molecule has 1 fully saturated rings. The molecule has 0 spiro atoms. The highest BCUT2D eigenvalue weighted by Crippen LogP contribution is 2.16. The quantitative estimate of drug-likeness (QED) is 0.480. The van der Waals surface area contributed by atoms with E-state index in [0.29, 0.717) is 24.9 Å². The molecule has 2 heterocycles. The molecule has 21 heavy (non-hydrogen) atoms. The minimum atomic E-state index is -0.607. The lowest BCUT2D eigenvalue weighted by Crippen LogP contribution is -2.50. The third-order valence-corrected chi connectivity index (χ3v) is 3.54. The zero-order chi connectivity index (χ0) is 15.4. The Bertz CT molecular complexity index is 542. The zero-order valence-corrected chi connectivity index (χ0v) is 12.2. The Labute approximate surface area is 123 Å². The second-order valence-electron chi connectivity index (χ2n) is 5.22. The Morgan fingerprint density at radius 2 is 2.00 bits per heavy atom. The van der Waals surface area contributed by atoms with Gasteiger partial charge in [0.05, 0.1) is 6.07 Å². The third kappa shape index (κ3) is 3.91. The normalized spacial score (nSPS) is 16.8. The summed E-state index contributed by atoms with van der Waals surface area (Å²) in [5, 5.41) is 10.5. The molecular formula is C14H19N3O4. The predicted molar refractivity (Wildman–Crippen MR) is 77.7 cm³/mol. The van der Waals surface area contributed by atoms with Gasteiger partial charge in [0.2, 0.25) is 5.91 Å². The largest absolute Gasteiger partial charge is 0.433 e. The number of amides is 1. The van der Waals surface area contributed by atoms with Crippen molar-refractivity contribution in [1.29, 1.82) is 0 Å². The van der Waals surface area contributed by atoms with Gasteiger partial charge >= 0.3 is 5.88 Å². The Kier molecular flexibility index (Phi) is 4.74. The van der Waals surface area contributed by atoms with E-state index in [1.54, 1.807) is 4.90 Å². The van der Waals surface area contributed by atoms with Crippen LogP contribution >= 0.6 is 0 Å². The van der Waals surface area contributed by atoms with Crippen molar-refractivity contribution in [2.45, 2.75) is 19.9 Å². The second-order valence-corrected chi connectivity index (χ2v) is 5.22. The molecule has 0 atom stereocenters. The summed E-state index contributed by atoms with van der Waals surface area (Å²) in [6, 6.07) is 3.23. The first-order valence-electron chi connectivity index (χ1n) is 6.92. The fraction of sp³-hybridized carbons (Fsp3) is 0.500. The number of piperazine rings is 1. The number of furan rings is 1. The van der Waals surface area contributed by atoms with Crippen molar-refractivity contribution >= 4 is 17.9 Å². The molecule has 0 saturated carbocycles. The molecule has 0 aromatic carbocycles. The fourth-order valence-electron chi connectivity index (χ4n) is 2.25. The summed E-state index contributed by atoms with van der Waals surface area (Å²) in [4.78, 5) is 26.0. The maximum Gasteiger partial charge on any atom is 0.433 e. The van der Waals surface area contributed by atoms with Gasteiger partial charge in [-0.2, -0.15) is 0 Å². The van der Waals surface area contributed by atoms with Gasteiger partial charge in [-0.15, -0.1) is 0 Å². The van der Waals surface area contributed by atoms with Crippen LogP contribution in [0.25, 0.3) is 6.08 Å². The number of nitro groups is 1. The SMILES string of the molecule is CC(C)N1CCN(C(=O)/C=C/c2ccc([N+](=O)[O-])o2)CC1. The molecule has 1 aliphatic rings. The van der Waals surface area contributed by atoms with Crippen LogP contribution in [0.4, 0.5) is 5.88 Å². The smallest absolute Gasteiger partial charge is 0.401 e. The van der Waals surface area contributed by atoms with E-state index in [1.165, 1.54) is 24.3 Å². The molecule has 1 aromatic rings. The number of carbonyl (C=O) groups is 1. The highest BCUT2D eigenvalue weighted by atomic mass is 16.6. The molecule has 1 aliphatic heterocycles. The predicted octanol–water partition coefficient (Wildman–Crippen LogP) is 1.75. The lowest BCUT2D eigenvalue weighted by atomic mass is 10.2. The molecule has 7 nitrogen and oxygen atoms in total. The molecule has 0 unspecified atom stereocenters. The summed E-state index contributed by atoms with van der Waals surface area (Å²) in [5.74, 6) is -0.124. The summed E-state index contributed by atoms with van der Waals surface area (Å²) in [6.07, 6.45) is 2.86. The van der Waals surface area contributed by atoms with Crippen molar-refractivity contribution in [1.82, 2.24) is 9.80 Å². The lowest BCUT2D eigenvalue weighted by molar-refractivity contribution is -0.402. The van der Waals surface area contributed by atoms with Crippen LogP contribution in [0.5, 0.6) is 0 Å². The van der Waals surface area contributed by atoms with Gasteiger partial charge in [0.25, 0.3) is 0 Å². The van der Waals surface area contributed by atoms with Crippen molar-refractivity contribution in [2.75, 3.05) is 26.2 Å². The van der Waals surface area contributed by atoms with Crippen LogP contribution in [0.15, 0.2) is 22.6 Å². The van der Waals surface area contributed by atoms with Crippen LogP contribution in [0, 0.1) is 10.1 Å². The van der Waals surface area contributed by atoms with Crippen LogP contribution in [-0.2, 0) is 4.79 Å². The Hall–Kier alpha value is -2.15. The first kappa shape index (κ1) is 15.2. The van der Waals surface area contributed by atoms with E-state index in [1.807, 2.05) is 0 Å². The van der Waals surface area contributed by atoms with Gasteiger partial charge in [-0.3, -0.25) is 19.8 Å². The summed E-state index contributed by atoms with van der Waals surface area (Å²) >= 11 is 0. The van der Waals surface area contributed by atoms with Crippen LogP contribution in [0.3, 0.4) is 0 Å². The molecule has 0 radical (unpaired) electrons. The summed E-state index contributed by atoms with van der Waals surface area (Å²) in [6.45, 7) is 7.40. The number of nitrogens with zero attached hydrogens (tertiary/aromatic N) is 3. The van der Waals surface area contributed by atoms with Crippen molar-refractivity contribution in [2.24, 2.45) is 0 Å². The number of carbonyl (C=O) groups excluding carboxylic acids is 1. The van der Waals surface area contributed by atoms with Gasteiger partial charge in [-0.25, -0.2) is 0 Å². The van der Waals surface area contributed by atoms with Crippen LogP contribution in [0.2, 0.25) is 0 Å². The van der Waals surface area contributed by atoms with Crippen LogP contribution in [0.1, 0.15) is 19.6 Å². The second kappa shape index (κ2) is 6.53. The standard InChI is InChI=1S/C14H19N3O4/c1-11(2)15-7-9-16(10-8-15)13(18)5-3-12-4-6-14(21-12)17(19)20/h3-6,11H,7-10H2,1-2H3/b5-3+. The summed E-state index contributed by atoms with van der Waals surface area (Å²) < 4.78 is 4.97. The molecular weight excluding hydrogens is 274 g/mol. The molecule has 0 bridgehead atoms. The van der Waals surface area contributed by atoms with Gasteiger partial charge in [0, 0.05) is 38.3 Å². The molecule has 2 rings (SSSR count). The Balaban J connectivity index is 1.89. The molecule has 0 aliphatic carbocycles. The number of hydrogen-bond donors (Lipinski definition) is 0. The van der Waals surface area contributed by atoms with Crippen molar-refractivity contribution < 1.29 is 14.1 Å². The summed E-state index contributed by atoms with van der Waals surface area (Å²) in [7, 11) is 0. The first-order chi connectivity index (χ1) is 9.97. The average molecular weight is 293 g/mol. The molecule has 114 valence electrons. The highest BCUT2D eigenvalue weighted by Gasteiger charge is 2.21. The van der Waals surface area contributed by atoms with Gasteiger partial charge < -0.3 is 9.32 Å². The van der Waals surface area contributed by atoms with Gasteiger partial charge in [-0.05, 0) is 26.0 Å². The number of hydrogen-bond acceptors (Lipinski definition) is 5. The maximum atomic E-state index is 12.0. The van der Waals surface area contributed by atoms with Crippen molar-refractivity contribution in [3.8, 4) is 0 Å². The van der Waals surface area contributed by atoms with Crippen molar-refractivity contribution in [3.63, 3.8) is 0 Å². The Morgan fingerprint density at radius 3 is 2.52 bits per heavy atom. The first-order valence-corrected chi connectivity index (χ1v) is 6.92. The molecule has 1 aromatic heterocycles. The average Bonchev–Trinajstić information content (AvgIpc) is 2.94. The number of rotatable bonds is 4. The van der Waals surface area contributed by atoms with Gasteiger partial charge in [-0.1, -0.05) is 0 Å². The summed E-state index contributed by atoms with van der Waals surface area (Å²) in [5.41, 5.74) is 0. The minimum Gasteiger partial charge on any atom is -0.401 e. The maximum absolute atomic E-state index is 12.0. The lowest BCUT2D eigenvalue weighted by Gasteiger charge is -2.36.